The molecule has 1 aliphatic rings. The van der Waals surface area contributed by atoms with E-state index in [1.54, 1.807) is 32.4 Å². The second kappa shape index (κ2) is 9.22. The molecule has 1 atom stereocenters. The fraction of sp³-hybridized carbons (Fsp3) is 0.778. The van der Waals surface area contributed by atoms with Crippen LogP contribution in [0.1, 0.15) is 58.7 Å². The Bertz CT molecular complexity index is 691. The average molecular weight is 398 g/mol. The largest absolute Gasteiger partial charge is 0.472 e. The minimum Gasteiger partial charge on any atom is -0.472 e. The highest BCUT2D eigenvalue weighted by Gasteiger charge is 2.30. The number of rotatable bonds is 7. The fourth-order valence-corrected chi connectivity index (χ4v) is 2.99. The van der Waals surface area contributed by atoms with Gasteiger partial charge in [0, 0.05) is 25.7 Å². The molecule has 2 rings (SSSR count). The van der Waals surface area contributed by atoms with Crippen LogP contribution in [-0.4, -0.2) is 52.3 Å². The average Bonchev–Trinajstić information content (AvgIpc) is 2.90. The molecule has 0 bridgehead atoms. The lowest BCUT2D eigenvalue weighted by Crippen LogP contribution is -2.38. The SMILES string of the molecule is Cc1c([N+](=O)[O-])c(OCCC(C)NC(=O)OC(C)(C)C)nn1C1CCOCC1. The van der Waals surface area contributed by atoms with E-state index >= 15 is 0 Å². The highest BCUT2D eigenvalue weighted by Crippen LogP contribution is 2.34. The van der Waals surface area contributed by atoms with Crippen molar-refractivity contribution >= 4 is 11.8 Å². The van der Waals surface area contributed by atoms with Gasteiger partial charge in [0.1, 0.15) is 11.3 Å². The van der Waals surface area contributed by atoms with Crippen LogP contribution in [0.2, 0.25) is 0 Å². The number of nitrogens with one attached hydrogen (secondary N) is 1. The molecule has 0 spiro atoms. The van der Waals surface area contributed by atoms with Gasteiger partial charge in [-0.25, -0.2) is 4.79 Å². The lowest BCUT2D eigenvalue weighted by atomic mass is 10.1. The molecular formula is C18H30N4O6. The summed E-state index contributed by atoms with van der Waals surface area (Å²) in [5.74, 6) is 0.0125. The Labute approximate surface area is 164 Å². The van der Waals surface area contributed by atoms with Crippen LogP contribution in [0.5, 0.6) is 5.88 Å². The summed E-state index contributed by atoms with van der Waals surface area (Å²) >= 11 is 0. The molecule has 2 heterocycles. The van der Waals surface area contributed by atoms with Gasteiger partial charge in [0.05, 0.1) is 17.6 Å². The predicted octanol–water partition coefficient (Wildman–Crippen LogP) is 3.13. The molecule has 0 aliphatic carbocycles. The Hall–Kier alpha value is -2.36. The number of nitro groups is 1. The van der Waals surface area contributed by atoms with Gasteiger partial charge in [0.15, 0.2) is 0 Å². The number of ether oxygens (including phenoxy) is 3. The number of carbonyl (C=O) groups is 1. The highest BCUT2D eigenvalue weighted by atomic mass is 16.6. The van der Waals surface area contributed by atoms with E-state index < -0.39 is 16.6 Å². The van der Waals surface area contributed by atoms with Crippen LogP contribution in [0.4, 0.5) is 10.5 Å². The summed E-state index contributed by atoms with van der Waals surface area (Å²) in [5, 5.41) is 18.5. The highest BCUT2D eigenvalue weighted by molar-refractivity contribution is 5.68. The lowest BCUT2D eigenvalue weighted by molar-refractivity contribution is -0.386. The normalized spacial score (nSPS) is 16.5. The standard InChI is InChI=1S/C18H30N4O6/c1-12(19-17(23)28-18(3,4)5)6-11-27-16-15(22(24)25)13(2)21(20-16)14-7-9-26-10-8-14/h12,14H,6-11H2,1-5H3,(H,19,23). The molecule has 1 saturated heterocycles. The molecule has 0 aromatic carbocycles. The van der Waals surface area contributed by atoms with E-state index in [9.17, 15) is 14.9 Å². The lowest BCUT2D eigenvalue weighted by Gasteiger charge is -2.23. The summed E-state index contributed by atoms with van der Waals surface area (Å²) in [6.07, 6.45) is 1.47. The maximum atomic E-state index is 11.8. The van der Waals surface area contributed by atoms with Gasteiger partial charge in [-0.05, 0) is 47.5 Å². The first-order valence-electron chi connectivity index (χ1n) is 9.52. The van der Waals surface area contributed by atoms with E-state index in [2.05, 4.69) is 10.4 Å². The second-order valence-electron chi connectivity index (χ2n) is 7.97. The molecule has 28 heavy (non-hydrogen) atoms. The molecule has 0 saturated carbocycles. The van der Waals surface area contributed by atoms with E-state index in [-0.39, 0.29) is 30.3 Å². The third-order valence-corrected chi connectivity index (χ3v) is 4.36. The molecular weight excluding hydrogens is 368 g/mol. The molecule has 1 aromatic heterocycles. The van der Waals surface area contributed by atoms with E-state index in [0.717, 1.165) is 12.8 Å². The van der Waals surface area contributed by atoms with Crippen LogP contribution in [0, 0.1) is 17.0 Å². The summed E-state index contributed by atoms with van der Waals surface area (Å²) < 4.78 is 17.8. The van der Waals surface area contributed by atoms with Crippen molar-refractivity contribution in [3.05, 3.63) is 15.8 Å². The maximum absolute atomic E-state index is 11.8. The van der Waals surface area contributed by atoms with Gasteiger partial charge in [0.2, 0.25) is 0 Å². The number of hydrogen-bond acceptors (Lipinski definition) is 7. The summed E-state index contributed by atoms with van der Waals surface area (Å²) in [5.41, 5.74) is -0.207. The van der Waals surface area contributed by atoms with Gasteiger partial charge in [-0.1, -0.05) is 0 Å². The van der Waals surface area contributed by atoms with Gasteiger partial charge in [-0.3, -0.25) is 14.8 Å². The van der Waals surface area contributed by atoms with Crippen molar-refractivity contribution in [2.24, 2.45) is 0 Å². The topological polar surface area (TPSA) is 118 Å². The van der Waals surface area contributed by atoms with Gasteiger partial charge >= 0.3 is 17.7 Å². The molecule has 1 aromatic rings. The number of nitrogens with zero attached hydrogens (tertiary/aromatic N) is 3. The Balaban J connectivity index is 1.96. The van der Waals surface area contributed by atoms with Crippen molar-refractivity contribution in [3.63, 3.8) is 0 Å². The van der Waals surface area contributed by atoms with Crippen LogP contribution in [0.15, 0.2) is 0 Å². The van der Waals surface area contributed by atoms with E-state index in [1.807, 2.05) is 6.92 Å². The first kappa shape index (κ1) is 21.9. The molecule has 1 aliphatic heterocycles. The van der Waals surface area contributed by atoms with E-state index in [4.69, 9.17) is 14.2 Å². The smallest absolute Gasteiger partial charge is 0.407 e. The Kier molecular flexibility index (Phi) is 7.22. The van der Waals surface area contributed by atoms with E-state index in [1.165, 1.54) is 0 Å². The Morgan fingerprint density at radius 2 is 2.07 bits per heavy atom. The number of hydrogen-bond donors (Lipinski definition) is 1. The molecule has 1 amide bonds. The Morgan fingerprint density at radius 1 is 1.43 bits per heavy atom. The van der Waals surface area contributed by atoms with Gasteiger partial charge in [-0.2, -0.15) is 0 Å². The quantitative estimate of drug-likeness (QED) is 0.554. The van der Waals surface area contributed by atoms with Crippen molar-refractivity contribution in [1.82, 2.24) is 15.1 Å². The van der Waals surface area contributed by atoms with Gasteiger partial charge in [0.25, 0.3) is 0 Å². The molecule has 1 fully saturated rings. The molecule has 10 nitrogen and oxygen atoms in total. The van der Waals surface area contributed by atoms with Crippen LogP contribution in [0.3, 0.4) is 0 Å². The van der Waals surface area contributed by atoms with Crippen LogP contribution in [-0.2, 0) is 9.47 Å². The third kappa shape index (κ3) is 6.08. The first-order chi connectivity index (χ1) is 13.1. The summed E-state index contributed by atoms with van der Waals surface area (Å²) in [7, 11) is 0. The van der Waals surface area contributed by atoms with Crippen LogP contribution >= 0.6 is 0 Å². The number of aromatic nitrogens is 2. The minimum atomic E-state index is -0.574. The molecule has 10 heteroatoms. The zero-order valence-electron chi connectivity index (χ0n) is 17.2. The van der Waals surface area contributed by atoms with Gasteiger partial charge < -0.3 is 19.5 Å². The predicted molar refractivity (Wildman–Crippen MR) is 102 cm³/mol. The number of alkyl carbamates (subject to hydrolysis) is 1. The number of carbonyl (C=O) groups excluding carboxylic acids is 1. The molecule has 1 N–H and O–H groups in total. The van der Waals surface area contributed by atoms with Crippen molar-refractivity contribution in [2.45, 2.75) is 71.6 Å². The first-order valence-corrected chi connectivity index (χ1v) is 9.52. The van der Waals surface area contributed by atoms with Crippen molar-refractivity contribution in [2.75, 3.05) is 19.8 Å². The van der Waals surface area contributed by atoms with Crippen LogP contribution < -0.4 is 10.1 Å². The molecule has 0 radical (unpaired) electrons. The van der Waals surface area contributed by atoms with E-state index in [0.29, 0.717) is 25.3 Å². The van der Waals surface area contributed by atoms with Gasteiger partial charge in [-0.15, -0.1) is 5.10 Å². The molecule has 158 valence electrons. The maximum Gasteiger partial charge on any atom is 0.407 e. The fourth-order valence-electron chi connectivity index (χ4n) is 2.99. The minimum absolute atomic E-state index is 0.0125. The van der Waals surface area contributed by atoms with Crippen molar-refractivity contribution in [1.29, 1.82) is 0 Å². The third-order valence-electron chi connectivity index (χ3n) is 4.36. The Morgan fingerprint density at radius 3 is 2.64 bits per heavy atom. The summed E-state index contributed by atoms with van der Waals surface area (Å²) in [6.45, 7) is 10.3. The zero-order valence-corrected chi connectivity index (χ0v) is 17.2. The summed E-state index contributed by atoms with van der Waals surface area (Å²) in [6, 6.07) is -0.148. The molecule has 1 unspecified atom stereocenters. The zero-order chi connectivity index (χ0) is 20.9. The van der Waals surface area contributed by atoms with Crippen LogP contribution in [0.25, 0.3) is 0 Å². The van der Waals surface area contributed by atoms with Crippen molar-refractivity contribution < 1.29 is 23.9 Å². The monoisotopic (exact) mass is 398 g/mol. The summed E-state index contributed by atoms with van der Waals surface area (Å²) in [4.78, 5) is 22.8. The number of amides is 1. The second-order valence-corrected chi connectivity index (χ2v) is 7.97. The van der Waals surface area contributed by atoms with Crippen molar-refractivity contribution in [3.8, 4) is 5.88 Å².